The van der Waals surface area contributed by atoms with Crippen molar-refractivity contribution in [2.75, 3.05) is 11.9 Å². The summed E-state index contributed by atoms with van der Waals surface area (Å²) in [5.41, 5.74) is 2.51. The Morgan fingerprint density at radius 1 is 0.727 bits per heavy atom. The number of fused-ring (bicyclic) bond motifs is 1. The molecule has 3 fully saturated rings. The number of ketones is 1. The number of aliphatic hydroxyl groups excluding tert-OH is 1. The van der Waals surface area contributed by atoms with Crippen molar-refractivity contribution in [2.45, 2.75) is 77.0 Å². The van der Waals surface area contributed by atoms with E-state index in [1.807, 2.05) is 103 Å². The summed E-state index contributed by atoms with van der Waals surface area (Å²) in [6.45, 7) is 5.19. The first kappa shape index (κ1) is 35.9. The monoisotopic (exact) mass is 732 g/mol. The van der Waals surface area contributed by atoms with Crippen LogP contribution in [0.25, 0.3) is 11.1 Å². The van der Waals surface area contributed by atoms with Crippen molar-refractivity contribution in [3.8, 4) is 11.1 Å². The van der Waals surface area contributed by atoms with E-state index in [0.717, 1.165) is 54.4 Å². The molecule has 4 aromatic rings. The molecule has 8 atom stereocenters. The average Bonchev–Trinajstić information content (AvgIpc) is 3.48. The second-order valence-electron chi connectivity index (χ2n) is 17.7. The third kappa shape index (κ3) is 5.50. The molecule has 2 amide bonds. The fourth-order valence-corrected chi connectivity index (χ4v) is 12.2. The maximum Gasteiger partial charge on any atom is 0.322 e. The lowest BCUT2D eigenvalue weighted by Gasteiger charge is -2.71. The van der Waals surface area contributed by atoms with Crippen molar-refractivity contribution in [1.82, 2.24) is 4.90 Å². The molecule has 3 N–H and O–H groups in total. The lowest BCUT2D eigenvalue weighted by molar-refractivity contribution is -0.174. The molecule has 282 valence electrons. The smallest absolute Gasteiger partial charge is 0.322 e. The van der Waals surface area contributed by atoms with Crippen LogP contribution in [0.1, 0.15) is 74.7 Å². The lowest BCUT2D eigenvalue weighted by atomic mass is 9.32. The highest BCUT2D eigenvalue weighted by Crippen LogP contribution is 2.78. The van der Waals surface area contributed by atoms with Crippen LogP contribution < -0.4 is 5.32 Å². The van der Waals surface area contributed by atoms with Crippen LogP contribution in [0, 0.1) is 33.5 Å². The first-order chi connectivity index (χ1) is 26.5. The van der Waals surface area contributed by atoms with Crippen molar-refractivity contribution in [1.29, 1.82) is 0 Å². The molecule has 6 heteroatoms. The highest BCUT2D eigenvalue weighted by Gasteiger charge is 2.74. The minimum absolute atomic E-state index is 0.0171. The fraction of sp³-hybridized carbons (Fsp3) is 0.388. The molecule has 10 rings (SSSR count). The van der Waals surface area contributed by atoms with Gasteiger partial charge in [-0.1, -0.05) is 135 Å². The number of hydrogen-bond donors (Lipinski definition) is 3. The minimum Gasteiger partial charge on any atom is -0.393 e. The van der Waals surface area contributed by atoms with E-state index in [1.165, 1.54) is 0 Å². The fourth-order valence-electron chi connectivity index (χ4n) is 12.2. The van der Waals surface area contributed by atoms with E-state index in [9.17, 15) is 15.0 Å². The number of urea groups is 1. The zero-order chi connectivity index (χ0) is 38.1. The number of para-hydroxylation sites is 1. The predicted molar refractivity (Wildman–Crippen MR) is 217 cm³/mol. The van der Waals surface area contributed by atoms with Gasteiger partial charge in [-0.25, -0.2) is 4.79 Å². The predicted octanol–water partition coefficient (Wildman–Crippen LogP) is 9.86. The molecule has 6 aliphatic carbocycles. The minimum atomic E-state index is -1.19. The van der Waals surface area contributed by atoms with Gasteiger partial charge in [0.15, 0.2) is 5.78 Å². The molecule has 0 saturated heterocycles. The van der Waals surface area contributed by atoms with Crippen LogP contribution in [0.4, 0.5) is 10.5 Å². The Morgan fingerprint density at radius 2 is 1.33 bits per heavy atom. The van der Waals surface area contributed by atoms with Gasteiger partial charge < -0.3 is 20.4 Å². The molecule has 6 aliphatic rings. The molecule has 3 saturated carbocycles. The Kier molecular flexibility index (Phi) is 8.59. The summed E-state index contributed by atoms with van der Waals surface area (Å²) in [6, 6.07) is 37.5. The second-order valence-corrected chi connectivity index (χ2v) is 17.7. The summed E-state index contributed by atoms with van der Waals surface area (Å²) in [5.74, 6) is 0.215. The van der Waals surface area contributed by atoms with Gasteiger partial charge in [0.25, 0.3) is 0 Å². The quantitative estimate of drug-likeness (QED) is 0.124. The summed E-state index contributed by atoms with van der Waals surface area (Å²) in [4.78, 5) is 31.1. The van der Waals surface area contributed by atoms with Gasteiger partial charge in [0.2, 0.25) is 0 Å². The summed E-state index contributed by atoms with van der Waals surface area (Å²) in [7, 11) is 0. The number of nitrogens with zero attached hydrogens (tertiary/aromatic N) is 1. The zero-order valence-corrected chi connectivity index (χ0v) is 32.0. The molecule has 0 radical (unpaired) electrons. The number of carbonyl (C=O) groups excluding carboxylic acids is 2. The number of hydrogen-bond acceptors (Lipinski definition) is 4. The summed E-state index contributed by atoms with van der Waals surface area (Å²) in [6.07, 6.45) is 11.8. The van der Waals surface area contributed by atoms with Crippen molar-refractivity contribution in [2.24, 2.45) is 33.5 Å². The molecular weight excluding hydrogens is 681 g/mol. The van der Waals surface area contributed by atoms with Gasteiger partial charge in [-0.3, -0.25) is 4.79 Å². The second kappa shape index (κ2) is 13.2. The van der Waals surface area contributed by atoms with E-state index in [1.54, 1.807) is 4.90 Å². The molecule has 55 heavy (non-hydrogen) atoms. The highest BCUT2D eigenvalue weighted by atomic mass is 16.3. The Morgan fingerprint density at radius 3 is 2.04 bits per heavy atom. The third-order valence-corrected chi connectivity index (χ3v) is 15.2. The van der Waals surface area contributed by atoms with E-state index in [2.05, 4.69) is 49.5 Å². The van der Waals surface area contributed by atoms with E-state index in [0.29, 0.717) is 30.6 Å². The molecule has 6 nitrogen and oxygen atoms in total. The number of allylic oxidation sites excluding steroid dienone is 4. The van der Waals surface area contributed by atoms with Gasteiger partial charge in [-0.05, 0) is 91.0 Å². The number of anilines is 1. The number of aliphatic hydroxyl groups is 2. The van der Waals surface area contributed by atoms with E-state index < -0.39 is 27.9 Å². The number of amides is 2. The van der Waals surface area contributed by atoms with E-state index in [4.69, 9.17) is 0 Å². The van der Waals surface area contributed by atoms with Crippen LogP contribution in [0.5, 0.6) is 0 Å². The normalized spacial score (nSPS) is 34.2. The summed E-state index contributed by atoms with van der Waals surface area (Å²) in [5, 5.41) is 27.4. The standard InChI is InChI=1S/C49H52N2O4/c1-45-25-22-39(52)30-47(45)28-29-49(40(31-47)43(53)37-20-18-36(19-21-37)35-14-8-4-9-15-35)41(45)23-26-46(2)42(49)24-27-48(46,55)33-51(32-34-12-6-3-7-13-34)44(54)50-38-16-10-5-11-17-38/h3-21,28-29,31,39,41-42,52,55H,22-27,30,32-33H2,1-2H3,(H,50,54)/t39?,41-,42-,45-,46+,47+,48-,49-/m1/s1. The van der Waals surface area contributed by atoms with Crippen molar-refractivity contribution >= 4 is 17.5 Å². The summed E-state index contributed by atoms with van der Waals surface area (Å²) < 4.78 is 0. The Labute approximate surface area is 325 Å². The number of carbonyl (C=O) groups is 2. The first-order valence-electron chi connectivity index (χ1n) is 20.2. The number of benzene rings is 4. The summed E-state index contributed by atoms with van der Waals surface area (Å²) >= 11 is 0. The van der Waals surface area contributed by atoms with Gasteiger partial charge in [0.05, 0.1) is 18.2 Å². The van der Waals surface area contributed by atoms with Crippen LogP contribution in [0.2, 0.25) is 0 Å². The molecule has 4 aromatic carbocycles. The van der Waals surface area contributed by atoms with E-state index >= 15 is 4.79 Å². The van der Waals surface area contributed by atoms with Crippen LogP contribution in [0.3, 0.4) is 0 Å². The molecular formula is C49H52N2O4. The molecule has 0 heterocycles. The Bertz CT molecular complexity index is 2150. The Balaban J connectivity index is 1.10. The molecule has 2 bridgehead atoms. The molecule has 0 aromatic heterocycles. The zero-order valence-electron chi connectivity index (χ0n) is 32.0. The first-order valence-corrected chi connectivity index (χ1v) is 20.2. The van der Waals surface area contributed by atoms with Gasteiger partial charge in [-0.2, -0.15) is 0 Å². The lowest BCUT2D eigenvalue weighted by Crippen LogP contribution is -2.67. The topological polar surface area (TPSA) is 89.9 Å². The largest absolute Gasteiger partial charge is 0.393 e. The van der Waals surface area contributed by atoms with Gasteiger partial charge in [0.1, 0.15) is 0 Å². The van der Waals surface area contributed by atoms with Crippen molar-refractivity contribution < 1.29 is 19.8 Å². The number of Topliss-reactive ketones (excluding diaryl/α,β-unsaturated/α-hetero) is 1. The average molecular weight is 733 g/mol. The number of rotatable bonds is 8. The van der Waals surface area contributed by atoms with Crippen LogP contribution in [-0.2, 0) is 6.54 Å². The maximum absolute atomic E-state index is 15.2. The van der Waals surface area contributed by atoms with Crippen molar-refractivity contribution in [3.05, 3.63) is 150 Å². The SMILES string of the molecule is C[C@]12CC[C@H]3[C@]4(C=C[C@@]5(C=C4C(=O)c4ccc(-c6ccccc6)cc4)CC(O)CC[C@]35C)[C@@H]1CC[C@@]2(O)CN(Cc1ccccc1)C(=O)Nc1ccccc1. The van der Waals surface area contributed by atoms with Crippen LogP contribution in [-0.4, -0.2) is 45.2 Å². The van der Waals surface area contributed by atoms with Crippen molar-refractivity contribution in [3.63, 3.8) is 0 Å². The molecule has 1 unspecified atom stereocenters. The van der Waals surface area contributed by atoms with Gasteiger partial charge >= 0.3 is 6.03 Å². The Hall–Kier alpha value is -4.78. The van der Waals surface area contributed by atoms with Crippen LogP contribution in [0.15, 0.2) is 139 Å². The highest BCUT2D eigenvalue weighted by molar-refractivity contribution is 6.10. The van der Waals surface area contributed by atoms with Gasteiger partial charge in [-0.15, -0.1) is 0 Å². The van der Waals surface area contributed by atoms with E-state index in [-0.39, 0.29) is 35.6 Å². The molecule has 0 aliphatic heterocycles. The van der Waals surface area contributed by atoms with Gasteiger partial charge in [0, 0.05) is 39.6 Å². The van der Waals surface area contributed by atoms with Crippen LogP contribution >= 0.6 is 0 Å². The third-order valence-electron chi connectivity index (χ3n) is 15.2. The maximum atomic E-state index is 15.2. The molecule has 2 spiro atoms. The number of nitrogens with one attached hydrogen (secondary N) is 1.